The van der Waals surface area contributed by atoms with Crippen LogP contribution in [0.2, 0.25) is 0 Å². The average molecular weight is 1450 g/mol. The molecule has 0 aliphatic rings. The van der Waals surface area contributed by atoms with Crippen molar-refractivity contribution in [3.63, 3.8) is 0 Å². The van der Waals surface area contributed by atoms with Gasteiger partial charge in [-0.1, -0.05) is 216 Å². The van der Waals surface area contributed by atoms with E-state index < -0.39 is 0 Å². The van der Waals surface area contributed by atoms with E-state index in [1.165, 1.54) is 65.0 Å². The molecule has 0 amide bonds. The number of rotatable bonds is 40. The van der Waals surface area contributed by atoms with Gasteiger partial charge in [-0.25, -0.2) is 0 Å². The van der Waals surface area contributed by atoms with Crippen LogP contribution in [-0.2, 0) is 0 Å². The summed E-state index contributed by atoms with van der Waals surface area (Å²) in [5, 5.41) is 14.2. The summed E-state index contributed by atoms with van der Waals surface area (Å²) in [6.45, 7) is 31.0. The minimum absolute atomic E-state index is 0.595. The molecule has 108 heavy (non-hydrogen) atoms. The van der Waals surface area contributed by atoms with Gasteiger partial charge in [0.05, 0.1) is 87.0 Å². The van der Waals surface area contributed by atoms with Crippen molar-refractivity contribution in [2.24, 2.45) is 0 Å². The molecule has 0 heterocycles. The van der Waals surface area contributed by atoms with Crippen molar-refractivity contribution in [1.29, 1.82) is 0 Å². The second kappa shape index (κ2) is 35.8. The highest BCUT2D eigenvalue weighted by Gasteiger charge is 2.32. The molecule has 0 saturated carbocycles. The van der Waals surface area contributed by atoms with Gasteiger partial charge in [-0.2, -0.15) is 0 Å². The van der Waals surface area contributed by atoms with Gasteiger partial charge in [-0.3, -0.25) is 0 Å². The highest BCUT2D eigenvalue weighted by Crippen LogP contribution is 2.59. The van der Waals surface area contributed by atoms with Crippen LogP contribution in [0.15, 0.2) is 170 Å². The summed E-state index contributed by atoms with van der Waals surface area (Å²) in [5.74, 6) is 6.47. The summed E-state index contributed by atoms with van der Waals surface area (Å²) in [5.41, 5.74) is 14.4. The zero-order valence-electron chi connectivity index (χ0n) is 66.3. The minimum atomic E-state index is 0.595. The van der Waals surface area contributed by atoms with Crippen molar-refractivity contribution in [2.45, 2.75) is 186 Å². The quantitative estimate of drug-likeness (QED) is 0.0347. The van der Waals surface area contributed by atoms with Crippen LogP contribution in [0.5, 0.6) is 46.0 Å². The maximum atomic E-state index is 6.82. The molecule has 10 nitrogen and oxygen atoms in total. The molecule has 562 valence electrons. The summed E-state index contributed by atoms with van der Waals surface area (Å²) in [4.78, 5) is 4.82. The first kappa shape index (κ1) is 76.1. The Morgan fingerprint density at radius 1 is 0.222 bits per heavy atom. The summed E-state index contributed by atoms with van der Waals surface area (Å²) in [6.07, 6.45) is 15.6. The number of benzene rings is 11. The van der Waals surface area contributed by atoms with Gasteiger partial charge in [0.2, 0.25) is 0 Å². The van der Waals surface area contributed by atoms with E-state index in [-0.39, 0.29) is 0 Å². The van der Waals surface area contributed by atoms with Crippen LogP contribution >= 0.6 is 0 Å². The van der Waals surface area contributed by atoms with Crippen LogP contribution < -0.4 is 47.7 Å². The van der Waals surface area contributed by atoms with E-state index in [4.69, 9.17) is 37.9 Å². The Morgan fingerprint density at radius 2 is 0.435 bits per heavy atom. The molecule has 13 rings (SSSR count). The molecule has 0 saturated heterocycles. The summed E-state index contributed by atoms with van der Waals surface area (Å²) in [6, 6.07) is 63.6. The lowest BCUT2D eigenvalue weighted by molar-refractivity contribution is 0.290. The van der Waals surface area contributed by atoms with Gasteiger partial charge in [0.15, 0.2) is 0 Å². The molecule has 13 aromatic rings. The van der Waals surface area contributed by atoms with Crippen LogP contribution in [0.4, 0.5) is 34.1 Å². The predicted molar refractivity (Wildman–Crippen MR) is 456 cm³/mol. The standard InChI is InChI=1S/C98H112N2O8/c1-13-21-49-101-83-57-71(58-84(65(83)9)102-50-22-14-2)99(72-59-85(103-51-23-15-3)66(10)86(60-72)104-52-24-16-4)81-47-45-79-93-75(81)41-35-43-77(93)95-91(69-37-31-29-32-38-69)96-78-44-36-42-76-82(48-46-80(94(76)78)98(96)92(97(79)95)70-39-33-30-34-40-70)100(73-61-87(105-53-25-17-5)67(11)88(62-73)106-54-26-18-6)74-63-89(107-55-27-19-7)68(12)90(64-74)108-56-28-20-8/h29-48,57-64H,13-28,49-56H2,1-12H3. The van der Waals surface area contributed by atoms with E-state index in [1.54, 1.807) is 0 Å². The molecule has 0 spiro atoms. The fraction of sp³-hybridized carbons (Fsp3) is 0.367. The Hall–Kier alpha value is -10.1. The molecule has 0 atom stereocenters. The van der Waals surface area contributed by atoms with Gasteiger partial charge in [-0.05, 0) is 167 Å². The Bertz CT molecular complexity index is 4530. The summed E-state index contributed by atoms with van der Waals surface area (Å²) in [7, 11) is 0. The summed E-state index contributed by atoms with van der Waals surface area (Å²) >= 11 is 0. The van der Waals surface area contributed by atoms with E-state index in [0.29, 0.717) is 52.9 Å². The number of hydrogen-bond acceptors (Lipinski definition) is 10. The molecule has 0 radical (unpaired) electrons. The van der Waals surface area contributed by atoms with Gasteiger partial charge in [-0.15, -0.1) is 0 Å². The van der Waals surface area contributed by atoms with Crippen LogP contribution in [0.25, 0.3) is 86.9 Å². The summed E-state index contributed by atoms with van der Waals surface area (Å²) < 4.78 is 54.6. The second-order valence-electron chi connectivity index (χ2n) is 29.3. The van der Waals surface area contributed by atoms with E-state index in [1.807, 2.05) is 0 Å². The largest absolute Gasteiger partial charge is 0.493 e. The zero-order valence-corrected chi connectivity index (χ0v) is 66.3. The smallest absolute Gasteiger partial charge is 0.127 e. The van der Waals surface area contributed by atoms with E-state index in [9.17, 15) is 0 Å². The van der Waals surface area contributed by atoms with Crippen LogP contribution in [0, 0.1) is 27.7 Å². The van der Waals surface area contributed by atoms with Crippen molar-refractivity contribution in [3.05, 3.63) is 192 Å². The number of ether oxygens (including phenoxy) is 8. The van der Waals surface area contributed by atoms with E-state index >= 15 is 0 Å². The lowest BCUT2D eigenvalue weighted by Gasteiger charge is -2.30. The first-order chi connectivity index (χ1) is 53.0. The van der Waals surface area contributed by atoms with Crippen molar-refractivity contribution >= 4 is 98.8 Å². The number of fused-ring (bicyclic) bond motifs is 6. The number of hydrogen-bond donors (Lipinski definition) is 0. The molecular weight excluding hydrogens is 1330 g/mol. The molecular formula is C98H112N2O8. The van der Waals surface area contributed by atoms with Gasteiger partial charge >= 0.3 is 0 Å². The molecule has 0 aliphatic heterocycles. The van der Waals surface area contributed by atoms with Gasteiger partial charge in [0.25, 0.3) is 0 Å². The molecule has 0 bridgehead atoms. The lowest BCUT2D eigenvalue weighted by atomic mass is 9.87. The van der Waals surface area contributed by atoms with Crippen molar-refractivity contribution in [1.82, 2.24) is 0 Å². The maximum absolute atomic E-state index is 6.82. The topological polar surface area (TPSA) is 80.3 Å². The highest BCUT2D eigenvalue weighted by molar-refractivity contribution is 6.47. The Balaban J connectivity index is 1.14. The maximum Gasteiger partial charge on any atom is 0.127 e. The van der Waals surface area contributed by atoms with Crippen molar-refractivity contribution in [3.8, 4) is 68.2 Å². The molecule has 10 heteroatoms. The van der Waals surface area contributed by atoms with Gasteiger partial charge in [0.1, 0.15) is 46.0 Å². The third-order valence-corrected chi connectivity index (χ3v) is 21.5. The average Bonchev–Trinajstić information content (AvgIpc) is 1.51. The fourth-order valence-corrected chi connectivity index (χ4v) is 15.4. The Morgan fingerprint density at radius 3 is 0.657 bits per heavy atom. The second-order valence-corrected chi connectivity index (χ2v) is 29.3. The SMILES string of the molecule is CCCCOc1cc(N(c2cc(OCCCC)c(C)c(OCCCC)c2)c2ccc3c4c(-c5ccccc5)c5c6ccc(N(c7cc(OCCCC)c(C)c(OCCCC)c7)c7cc(OCCCC)c(C)c(OCCCC)c7)c7cccc(c5c(-c5ccccc5)c4c4cccc2c43)c76)cc(OCCCC)c1C. The highest BCUT2D eigenvalue weighted by atomic mass is 16.5. The van der Waals surface area contributed by atoms with Crippen LogP contribution in [0.3, 0.4) is 0 Å². The fourth-order valence-electron chi connectivity index (χ4n) is 15.4. The number of nitrogens with zero attached hydrogens (tertiary/aromatic N) is 2. The first-order valence-electron chi connectivity index (χ1n) is 40.7. The molecule has 13 aromatic carbocycles. The number of unbranched alkanes of at least 4 members (excludes halogenated alkanes) is 8. The molecule has 0 fully saturated rings. The van der Waals surface area contributed by atoms with Crippen molar-refractivity contribution < 1.29 is 37.9 Å². The van der Waals surface area contributed by atoms with Gasteiger partial charge < -0.3 is 47.7 Å². The monoisotopic (exact) mass is 1440 g/mol. The van der Waals surface area contributed by atoms with Crippen molar-refractivity contribution in [2.75, 3.05) is 62.7 Å². The van der Waals surface area contributed by atoms with Crippen LogP contribution in [0.1, 0.15) is 180 Å². The van der Waals surface area contributed by atoms with Gasteiger partial charge in [0, 0.05) is 81.6 Å². The minimum Gasteiger partial charge on any atom is -0.493 e. The third kappa shape index (κ3) is 15.5. The lowest BCUT2D eigenvalue weighted by Crippen LogP contribution is -2.13. The third-order valence-electron chi connectivity index (χ3n) is 21.5. The molecule has 0 aliphatic carbocycles. The normalized spacial score (nSPS) is 11.7. The van der Waals surface area contributed by atoms with Crippen LogP contribution in [-0.4, -0.2) is 52.9 Å². The zero-order chi connectivity index (χ0) is 75.2. The first-order valence-corrected chi connectivity index (χ1v) is 40.7. The molecule has 0 aromatic heterocycles. The molecule has 0 unspecified atom stereocenters. The molecule has 0 N–H and O–H groups in total. The predicted octanol–water partition coefficient (Wildman–Crippen LogP) is 28.4. The Kier molecular flexibility index (Phi) is 25.2. The van der Waals surface area contributed by atoms with E-state index in [2.05, 4.69) is 263 Å². The number of anilines is 6. The Labute approximate surface area is 641 Å². The van der Waals surface area contributed by atoms with E-state index in [0.717, 1.165) is 227 Å².